The van der Waals surface area contributed by atoms with Gasteiger partial charge in [0.15, 0.2) is 0 Å². The van der Waals surface area contributed by atoms with Crippen LogP contribution < -0.4 is 5.73 Å². The van der Waals surface area contributed by atoms with E-state index in [9.17, 15) is 4.79 Å². The van der Waals surface area contributed by atoms with E-state index < -0.39 is 5.91 Å². The third-order valence-corrected chi connectivity index (χ3v) is 2.81. The smallest absolute Gasteiger partial charge is 0.250 e. The Balaban J connectivity index is 2.82. The molecule has 1 aromatic heterocycles. The van der Waals surface area contributed by atoms with Gasteiger partial charge in [-0.25, -0.2) is 4.98 Å². The number of fused-ring (bicyclic) bond motifs is 1. The van der Waals surface area contributed by atoms with Gasteiger partial charge in [0.2, 0.25) is 5.91 Å². The van der Waals surface area contributed by atoms with Gasteiger partial charge in [0, 0.05) is 0 Å². The summed E-state index contributed by atoms with van der Waals surface area (Å²) in [6, 6.07) is 5.40. The lowest BCUT2D eigenvalue weighted by Gasteiger charge is -1.94. The first-order valence-corrected chi connectivity index (χ1v) is 4.66. The molecule has 0 saturated carbocycles. The summed E-state index contributed by atoms with van der Waals surface area (Å²) in [5.74, 6) is -0.394. The first-order valence-electron chi connectivity index (χ1n) is 3.84. The number of nitrogens with zero attached hydrogens (tertiary/aromatic N) is 1. The van der Waals surface area contributed by atoms with Crippen LogP contribution in [0.1, 0.15) is 15.4 Å². The zero-order valence-corrected chi connectivity index (χ0v) is 7.89. The van der Waals surface area contributed by atoms with E-state index in [1.165, 1.54) is 11.3 Å². The van der Waals surface area contributed by atoms with Crippen LogP contribution in [-0.2, 0) is 0 Å². The van der Waals surface area contributed by atoms with Crippen molar-refractivity contribution in [2.24, 2.45) is 5.73 Å². The predicted octanol–water partition coefficient (Wildman–Crippen LogP) is 1.70. The van der Waals surface area contributed by atoms with Crippen LogP contribution in [0.2, 0.25) is 0 Å². The van der Waals surface area contributed by atoms with E-state index in [1.54, 1.807) is 12.1 Å². The Morgan fingerprint density at radius 2 is 2.31 bits per heavy atom. The minimum atomic E-state index is -0.394. The number of carbonyl (C=O) groups is 1. The second kappa shape index (κ2) is 2.81. The number of carbonyl (C=O) groups excluding carboxylic acids is 1. The van der Waals surface area contributed by atoms with Crippen molar-refractivity contribution in [3.8, 4) is 0 Å². The molecular weight excluding hydrogens is 184 g/mol. The SMILES string of the molecule is Cc1nc2cccc(C(N)=O)c2s1. The van der Waals surface area contributed by atoms with Gasteiger partial charge >= 0.3 is 0 Å². The predicted molar refractivity (Wildman–Crippen MR) is 52.9 cm³/mol. The van der Waals surface area contributed by atoms with Crippen LogP contribution in [0.3, 0.4) is 0 Å². The molecule has 2 aromatic rings. The first-order chi connectivity index (χ1) is 6.18. The van der Waals surface area contributed by atoms with E-state index in [2.05, 4.69) is 4.98 Å². The van der Waals surface area contributed by atoms with Gasteiger partial charge in [-0.05, 0) is 19.1 Å². The van der Waals surface area contributed by atoms with Crippen LogP contribution in [0, 0.1) is 6.92 Å². The van der Waals surface area contributed by atoms with Gasteiger partial charge in [0.1, 0.15) is 0 Å². The van der Waals surface area contributed by atoms with Gasteiger partial charge in [-0.3, -0.25) is 4.79 Å². The average molecular weight is 192 g/mol. The Hall–Kier alpha value is -1.42. The fourth-order valence-electron chi connectivity index (χ4n) is 1.25. The Kier molecular flexibility index (Phi) is 1.77. The number of thiazole rings is 1. The molecule has 0 atom stereocenters. The van der Waals surface area contributed by atoms with Gasteiger partial charge < -0.3 is 5.73 Å². The summed E-state index contributed by atoms with van der Waals surface area (Å²) in [5, 5.41) is 0.948. The molecule has 13 heavy (non-hydrogen) atoms. The second-order valence-electron chi connectivity index (χ2n) is 2.75. The quantitative estimate of drug-likeness (QED) is 0.747. The number of amides is 1. The maximum atomic E-state index is 11.0. The van der Waals surface area contributed by atoms with Crippen LogP contribution in [0.5, 0.6) is 0 Å². The van der Waals surface area contributed by atoms with Gasteiger partial charge in [-0.1, -0.05) is 6.07 Å². The van der Waals surface area contributed by atoms with Crippen molar-refractivity contribution in [1.82, 2.24) is 4.98 Å². The summed E-state index contributed by atoms with van der Waals surface area (Å²) in [5.41, 5.74) is 6.63. The Morgan fingerprint density at radius 3 is 3.00 bits per heavy atom. The molecular formula is C9H8N2OS. The van der Waals surface area contributed by atoms with Gasteiger partial charge in [0.25, 0.3) is 0 Å². The largest absolute Gasteiger partial charge is 0.366 e. The average Bonchev–Trinajstić information content (AvgIpc) is 2.43. The zero-order valence-electron chi connectivity index (χ0n) is 7.07. The van der Waals surface area contributed by atoms with E-state index in [1.807, 2.05) is 13.0 Å². The molecule has 0 unspecified atom stereocenters. The molecule has 2 N–H and O–H groups in total. The molecule has 0 aliphatic rings. The fraction of sp³-hybridized carbons (Fsp3) is 0.111. The highest BCUT2D eigenvalue weighted by Crippen LogP contribution is 2.24. The molecule has 0 spiro atoms. The van der Waals surface area contributed by atoms with Crippen molar-refractivity contribution >= 4 is 27.5 Å². The number of aromatic nitrogens is 1. The van der Waals surface area contributed by atoms with E-state index >= 15 is 0 Å². The first kappa shape index (κ1) is 8.19. The molecule has 4 heteroatoms. The standard InChI is InChI=1S/C9H8N2OS/c1-5-11-7-4-2-3-6(9(10)12)8(7)13-5/h2-4H,1H3,(H2,10,12). The van der Waals surface area contributed by atoms with Crippen molar-refractivity contribution < 1.29 is 4.79 Å². The Bertz CT molecular complexity index is 475. The number of hydrogen-bond acceptors (Lipinski definition) is 3. The number of hydrogen-bond donors (Lipinski definition) is 1. The summed E-state index contributed by atoms with van der Waals surface area (Å²) < 4.78 is 0.882. The molecule has 2 rings (SSSR count). The summed E-state index contributed by atoms with van der Waals surface area (Å²) >= 11 is 1.50. The zero-order chi connectivity index (χ0) is 9.42. The molecule has 0 bridgehead atoms. The number of nitrogens with two attached hydrogens (primary N) is 1. The number of primary amides is 1. The van der Waals surface area contributed by atoms with Crippen molar-refractivity contribution in [3.63, 3.8) is 0 Å². The van der Waals surface area contributed by atoms with E-state index in [-0.39, 0.29) is 0 Å². The van der Waals surface area contributed by atoms with E-state index in [0.717, 1.165) is 15.2 Å². The highest BCUT2D eigenvalue weighted by molar-refractivity contribution is 7.18. The van der Waals surface area contributed by atoms with E-state index in [0.29, 0.717) is 5.56 Å². The minimum absolute atomic E-state index is 0.394. The van der Waals surface area contributed by atoms with Crippen molar-refractivity contribution in [1.29, 1.82) is 0 Å². The summed E-state index contributed by atoms with van der Waals surface area (Å²) in [6.07, 6.45) is 0. The lowest BCUT2D eigenvalue weighted by Crippen LogP contribution is -2.10. The summed E-state index contributed by atoms with van der Waals surface area (Å²) in [4.78, 5) is 15.3. The van der Waals surface area contributed by atoms with Crippen LogP contribution in [0.15, 0.2) is 18.2 Å². The highest BCUT2D eigenvalue weighted by Gasteiger charge is 2.08. The third kappa shape index (κ3) is 1.29. The molecule has 1 amide bonds. The van der Waals surface area contributed by atoms with Crippen LogP contribution in [0.4, 0.5) is 0 Å². The molecule has 1 heterocycles. The monoisotopic (exact) mass is 192 g/mol. The van der Waals surface area contributed by atoms with Crippen molar-refractivity contribution in [2.45, 2.75) is 6.92 Å². The summed E-state index contributed by atoms with van der Waals surface area (Å²) in [7, 11) is 0. The molecule has 0 saturated heterocycles. The fourth-order valence-corrected chi connectivity index (χ4v) is 2.19. The Labute approximate surface area is 79.2 Å². The van der Waals surface area contributed by atoms with Crippen LogP contribution >= 0.6 is 11.3 Å². The number of rotatable bonds is 1. The molecule has 0 radical (unpaired) electrons. The van der Waals surface area contributed by atoms with Crippen molar-refractivity contribution in [3.05, 3.63) is 28.8 Å². The number of benzene rings is 1. The highest BCUT2D eigenvalue weighted by atomic mass is 32.1. The second-order valence-corrected chi connectivity index (χ2v) is 3.95. The lowest BCUT2D eigenvalue weighted by molar-refractivity contribution is 0.100. The van der Waals surface area contributed by atoms with Crippen LogP contribution in [-0.4, -0.2) is 10.9 Å². The molecule has 3 nitrogen and oxygen atoms in total. The van der Waals surface area contributed by atoms with Gasteiger partial charge in [-0.2, -0.15) is 0 Å². The van der Waals surface area contributed by atoms with Gasteiger partial charge in [0.05, 0.1) is 20.8 Å². The molecule has 1 aromatic carbocycles. The van der Waals surface area contributed by atoms with Crippen molar-refractivity contribution in [2.75, 3.05) is 0 Å². The number of aryl methyl sites for hydroxylation is 1. The molecule has 0 aliphatic heterocycles. The Morgan fingerprint density at radius 1 is 1.54 bits per heavy atom. The van der Waals surface area contributed by atoms with Crippen LogP contribution in [0.25, 0.3) is 10.2 Å². The topological polar surface area (TPSA) is 56.0 Å². The third-order valence-electron chi connectivity index (χ3n) is 1.79. The van der Waals surface area contributed by atoms with Gasteiger partial charge in [-0.15, -0.1) is 11.3 Å². The minimum Gasteiger partial charge on any atom is -0.366 e. The normalized spacial score (nSPS) is 10.5. The lowest BCUT2D eigenvalue weighted by atomic mass is 10.2. The summed E-state index contributed by atoms with van der Waals surface area (Å²) in [6.45, 7) is 1.91. The molecule has 0 fully saturated rings. The maximum absolute atomic E-state index is 11.0. The van der Waals surface area contributed by atoms with E-state index in [4.69, 9.17) is 5.73 Å². The molecule has 66 valence electrons. The molecule has 0 aliphatic carbocycles. The maximum Gasteiger partial charge on any atom is 0.250 e.